The molecule has 0 bridgehead atoms. The van der Waals surface area contributed by atoms with Crippen molar-refractivity contribution in [2.24, 2.45) is 0 Å². The van der Waals surface area contributed by atoms with Gasteiger partial charge in [0, 0.05) is 19.3 Å². The van der Waals surface area contributed by atoms with E-state index in [0.29, 0.717) is 12.8 Å². The van der Waals surface area contributed by atoms with Gasteiger partial charge in [-0.25, -0.2) is 0 Å². The first kappa shape index (κ1) is 63.6. The van der Waals surface area contributed by atoms with Crippen LogP contribution in [0, 0.1) is 0 Å². The van der Waals surface area contributed by atoms with Crippen LogP contribution in [0.15, 0.2) is 85.1 Å². The van der Waals surface area contributed by atoms with Crippen molar-refractivity contribution in [3.05, 3.63) is 85.1 Å². The molecule has 0 N–H and O–H groups in total. The predicted octanol–water partition coefficient (Wildman–Crippen LogP) is 18.8. The quantitative estimate of drug-likeness (QED) is 0.0262. The molecule has 0 aliphatic heterocycles. The van der Waals surface area contributed by atoms with Gasteiger partial charge in [0.15, 0.2) is 6.10 Å². The fraction of sp³-hybridized carbons (Fsp3) is 0.721. The molecule has 0 amide bonds. The molecule has 0 saturated carbocycles. The van der Waals surface area contributed by atoms with Crippen molar-refractivity contribution in [2.45, 2.75) is 271 Å². The Balaban J connectivity index is 4.48. The van der Waals surface area contributed by atoms with Gasteiger partial charge in [-0.15, -0.1) is 0 Å². The molecule has 0 aromatic rings. The number of rotatable bonds is 50. The largest absolute Gasteiger partial charge is 0.462 e. The number of carbonyl (C=O) groups is 3. The molecule has 0 unspecified atom stereocenters. The fourth-order valence-corrected chi connectivity index (χ4v) is 7.63. The summed E-state index contributed by atoms with van der Waals surface area (Å²) in [4.78, 5) is 38.1. The highest BCUT2D eigenvalue weighted by Crippen LogP contribution is 2.14. The Morgan fingerprint density at radius 3 is 0.940 bits per heavy atom. The van der Waals surface area contributed by atoms with E-state index in [2.05, 4.69) is 106 Å². The van der Waals surface area contributed by atoms with Crippen LogP contribution in [0.4, 0.5) is 0 Å². The topological polar surface area (TPSA) is 78.9 Å². The maximum absolute atomic E-state index is 12.8. The van der Waals surface area contributed by atoms with Crippen LogP contribution in [0.1, 0.15) is 265 Å². The maximum Gasteiger partial charge on any atom is 0.306 e. The van der Waals surface area contributed by atoms with Crippen LogP contribution in [0.25, 0.3) is 0 Å². The van der Waals surface area contributed by atoms with E-state index in [1.165, 1.54) is 116 Å². The lowest BCUT2D eigenvalue weighted by Gasteiger charge is -2.18. The van der Waals surface area contributed by atoms with Gasteiger partial charge in [-0.05, 0) is 116 Å². The summed E-state index contributed by atoms with van der Waals surface area (Å²) in [6.45, 7) is 6.48. The molecule has 67 heavy (non-hydrogen) atoms. The summed E-state index contributed by atoms with van der Waals surface area (Å²) >= 11 is 0. The molecule has 0 radical (unpaired) electrons. The molecule has 0 rings (SSSR count). The number of allylic oxidation sites excluding steroid dienone is 14. The molecule has 6 heteroatoms. The van der Waals surface area contributed by atoms with Gasteiger partial charge in [0.25, 0.3) is 0 Å². The first-order chi connectivity index (χ1) is 33.0. The Hall–Kier alpha value is -3.41. The predicted molar refractivity (Wildman–Crippen MR) is 288 cm³/mol. The van der Waals surface area contributed by atoms with Crippen molar-refractivity contribution in [3.8, 4) is 0 Å². The monoisotopic (exact) mass is 933 g/mol. The van der Waals surface area contributed by atoms with Crippen molar-refractivity contribution >= 4 is 17.9 Å². The molecule has 0 saturated heterocycles. The van der Waals surface area contributed by atoms with Crippen LogP contribution in [-0.4, -0.2) is 37.2 Å². The van der Waals surface area contributed by atoms with Crippen molar-refractivity contribution in [3.63, 3.8) is 0 Å². The Kier molecular flexibility index (Phi) is 52.4. The Morgan fingerprint density at radius 2 is 0.582 bits per heavy atom. The van der Waals surface area contributed by atoms with Gasteiger partial charge in [0.05, 0.1) is 0 Å². The van der Waals surface area contributed by atoms with Gasteiger partial charge in [-0.1, -0.05) is 215 Å². The molecule has 0 atom stereocenters. The summed E-state index contributed by atoms with van der Waals surface area (Å²) in [5.74, 6) is -0.942. The second kappa shape index (κ2) is 55.2. The summed E-state index contributed by atoms with van der Waals surface area (Å²) < 4.78 is 16.8. The van der Waals surface area contributed by atoms with E-state index in [1.807, 2.05) is 0 Å². The minimum atomic E-state index is -0.801. The number of unbranched alkanes of at least 4 members (excludes halogenated alkanes) is 25. The maximum atomic E-state index is 12.8. The zero-order valence-electron chi connectivity index (χ0n) is 43.9. The number of hydrogen-bond donors (Lipinski definition) is 0. The first-order valence-corrected chi connectivity index (χ1v) is 28.1. The average Bonchev–Trinajstić information content (AvgIpc) is 3.33. The lowest BCUT2D eigenvalue weighted by Crippen LogP contribution is -2.30. The van der Waals surface area contributed by atoms with E-state index in [-0.39, 0.29) is 37.5 Å². The number of esters is 3. The van der Waals surface area contributed by atoms with Crippen molar-refractivity contribution in [1.82, 2.24) is 0 Å². The molecule has 0 aromatic carbocycles. The van der Waals surface area contributed by atoms with E-state index < -0.39 is 6.10 Å². The standard InChI is InChI=1S/C61H104O6/c1-4-7-10-13-16-19-22-25-28-29-30-31-34-37-40-43-46-49-52-55-61(64)67-58(56-65-59(62)53-50-47-44-41-38-35-32-26-23-20-17-14-11-8-5-2)57-66-60(63)54-51-48-45-42-39-36-33-27-24-21-18-15-12-9-6-3/h7,10,16,19,25-28,30-33,37,40,58H,4-6,8-9,11-15,17-18,20-24,29,34-36,38-39,41-57H2,1-3H3/b10-7-,19-16-,28-25-,31-30-,32-26-,33-27-,40-37-. The molecule has 384 valence electrons. The molecule has 0 aromatic heterocycles. The van der Waals surface area contributed by atoms with Crippen LogP contribution >= 0.6 is 0 Å². The van der Waals surface area contributed by atoms with E-state index in [1.54, 1.807) is 0 Å². The van der Waals surface area contributed by atoms with Gasteiger partial charge in [0.1, 0.15) is 13.2 Å². The van der Waals surface area contributed by atoms with E-state index in [4.69, 9.17) is 14.2 Å². The summed E-state index contributed by atoms with van der Waals surface area (Å²) in [5, 5.41) is 0. The third-order valence-corrected chi connectivity index (χ3v) is 11.9. The molecule has 0 spiro atoms. The van der Waals surface area contributed by atoms with Gasteiger partial charge < -0.3 is 14.2 Å². The highest BCUT2D eigenvalue weighted by atomic mass is 16.6. The minimum absolute atomic E-state index is 0.0968. The summed E-state index contributed by atoms with van der Waals surface area (Å²) in [6.07, 6.45) is 71.4. The highest BCUT2D eigenvalue weighted by molar-refractivity contribution is 5.71. The van der Waals surface area contributed by atoms with Gasteiger partial charge in [0.2, 0.25) is 0 Å². The molecular weight excluding hydrogens is 829 g/mol. The molecule has 0 aliphatic carbocycles. The zero-order chi connectivity index (χ0) is 48.6. The second-order valence-corrected chi connectivity index (χ2v) is 18.5. The Bertz CT molecular complexity index is 1250. The molecule has 6 nitrogen and oxygen atoms in total. The normalized spacial score (nSPS) is 12.3. The van der Waals surface area contributed by atoms with Gasteiger partial charge in [-0.3, -0.25) is 14.4 Å². The van der Waals surface area contributed by atoms with Crippen LogP contribution in [0.3, 0.4) is 0 Å². The van der Waals surface area contributed by atoms with Crippen LogP contribution in [0.2, 0.25) is 0 Å². The molecular formula is C61H104O6. The average molecular weight is 933 g/mol. The van der Waals surface area contributed by atoms with Gasteiger partial charge in [-0.2, -0.15) is 0 Å². The highest BCUT2D eigenvalue weighted by Gasteiger charge is 2.19. The van der Waals surface area contributed by atoms with Crippen LogP contribution in [0.5, 0.6) is 0 Å². The van der Waals surface area contributed by atoms with E-state index in [0.717, 1.165) is 109 Å². The minimum Gasteiger partial charge on any atom is -0.462 e. The summed E-state index contributed by atoms with van der Waals surface area (Å²) in [6, 6.07) is 0. The van der Waals surface area contributed by atoms with E-state index >= 15 is 0 Å². The number of ether oxygens (including phenoxy) is 3. The lowest BCUT2D eigenvalue weighted by atomic mass is 10.1. The van der Waals surface area contributed by atoms with Crippen molar-refractivity contribution in [1.29, 1.82) is 0 Å². The van der Waals surface area contributed by atoms with Crippen molar-refractivity contribution in [2.75, 3.05) is 13.2 Å². The summed E-state index contributed by atoms with van der Waals surface area (Å²) in [7, 11) is 0. The third-order valence-electron chi connectivity index (χ3n) is 11.9. The second-order valence-electron chi connectivity index (χ2n) is 18.5. The van der Waals surface area contributed by atoms with E-state index in [9.17, 15) is 14.4 Å². The van der Waals surface area contributed by atoms with Crippen LogP contribution in [-0.2, 0) is 28.6 Å². The molecule has 0 aliphatic rings. The Morgan fingerprint density at radius 1 is 0.313 bits per heavy atom. The van der Waals surface area contributed by atoms with Crippen LogP contribution < -0.4 is 0 Å². The van der Waals surface area contributed by atoms with Gasteiger partial charge >= 0.3 is 17.9 Å². The first-order valence-electron chi connectivity index (χ1n) is 28.1. The lowest BCUT2D eigenvalue weighted by molar-refractivity contribution is -0.167. The smallest absolute Gasteiger partial charge is 0.306 e. The molecule has 0 fully saturated rings. The molecule has 0 heterocycles. The Labute approximate surface area is 414 Å². The third kappa shape index (κ3) is 53.4. The fourth-order valence-electron chi connectivity index (χ4n) is 7.63. The van der Waals surface area contributed by atoms with Crippen molar-refractivity contribution < 1.29 is 28.6 Å². The SMILES string of the molecule is CC/C=C\C/C=C\C/C=C\C/C=C\C/C=C\CCCCCC(=O)OC(COC(=O)CCCCCCC/C=C\CCCCCCCC)COC(=O)CCCCCCC/C=C\CCCCCCCC. The zero-order valence-corrected chi connectivity index (χ0v) is 43.9. The number of carbonyl (C=O) groups excluding carboxylic acids is 3. The number of hydrogen-bond acceptors (Lipinski definition) is 6. The summed E-state index contributed by atoms with van der Waals surface area (Å²) in [5.41, 5.74) is 0.